The minimum absolute atomic E-state index is 0.955. The zero-order chi connectivity index (χ0) is 36.4. The van der Waals surface area contributed by atoms with Crippen LogP contribution in [0.2, 0.25) is 0 Å². The second kappa shape index (κ2) is 14.5. The SMILES string of the molecule is Cc1ccc(C=N)c2c1sc1ccc(-c3ccc(-c4cccc(-c5ccccc5)c4)cc3)cc12.c1ccc(Cc2ccc3oc4ccccc4c3c2)cc1. The van der Waals surface area contributed by atoms with Crippen molar-refractivity contribution in [1.29, 1.82) is 5.41 Å². The number of benzene rings is 8. The topological polar surface area (TPSA) is 37.0 Å². The van der Waals surface area contributed by atoms with Crippen LogP contribution >= 0.6 is 11.3 Å². The Morgan fingerprint density at radius 1 is 0.481 bits per heavy atom. The predicted molar refractivity (Wildman–Crippen MR) is 231 cm³/mol. The zero-order valence-corrected chi connectivity index (χ0v) is 30.7. The van der Waals surface area contributed by atoms with E-state index < -0.39 is 0 Å². The van der Waals surface area contributed by atoms with Crippen molar-refractivity contribution in [2.75, 3.05) is 0 Å². The van der Waals surface area contributed by atoms with E-state index in [1.165, 1.54) is 87.2 Å². The first-order valence-electron chi connectivity index (χ1n) is 18.3. The summed E-state index contributed by atoms with van der Waals surface area (Å²) in [4.78, 5) is 0. The molecule has 2 nitrogen and oxygen atoms in total. The van der Waals surface area contributed by atoms with Gasteiger partial charge in [0.05, 0.1) is 0 Å². The molecule has 0 amide bonds. The highest BCUT2D eigenvalue weighted by Crippen LogP contribution is 2.40. The molecule has 3 heteroatoms. The van der Waals surface area contributed by atoms with E-state index in [-0.39, 0.29) is 0 Å². The molecule has 0 saturated carbocycles. The molecule has 8 aromatic carbocycles. The first-order chi connectivity index (χ1) is 26.6. The Balaban J connectivity index is 0.000000163. The molecule has 0 saturated heterocycles. The Kier molecular flexibility index (Phi) is 8.92. The van der Waals surface area contributed by atoms with Gasteiger partial charge in [0.1, 0.15) is 11.2 Å². The average Bonchev–Trinajstić information content (AvgIpc) is 3.81. The van der Waals surface area contributed by atoms with Gasteiger partial charge in [0.25, 0.3) is 0 Å². The van der Waals surface area contributed by atoms with E-state index in [9.17, 15) is 0 Å². The second-order valence-corrected chi connectivity index (χ2v) is 14.8. The van der Waals surface area contributed by atoms with Crippen LogP contribution in [-0.4, -0.2) is 6.21 Å². The molecule has 2 aromatic heterocycles. The summed E-state index contributed by atoms with van der Waals surface area (Å²) in [5, 5.41) is 12.7. The van der Waals surface area contributed by atoms with Crippen LogP contribution in [0.4, 0.5) is 0 Å². The van der Waals surface area contributed by atoms with E-state index >= 15 is 0 Å². The molecule has 0 atom stereocenters. The number of thiophene rings is 1. The quantitative estimate of drug-likeness (QED) is 0.171. The maximum atomic E-state index is 7.88. The van der Waals surface area contributed by atoms with Gasteiger partial charge in [-0.25, -0.2) is 0 Å². The molecule has 10 rings (SSSR count). The largest absolute Gasteiger partial charge is 0.456 e. The minimum Gasteiger partial charge on any atom is -0.456 e. The monoisotopic (exact) mass is 711 g/mol. The molecule has 0 radical (unpaired) electrons. The van der Waals surface area contributed by atoms with Gasteiger partial charge >= 0.3 is 0 Å². The summed E-state index contributed by atoms with van der Waals surface area (Å²) in [6.07, 6.45) is 2.43. The lowest BCUT2D eigenvalue weighted by Gasteiger charge is -2.08. The summed E-state index contributed by atoms with van der Waals surface area (Å²) in [5.41, 5.74) is 14.1. The highest BCUT2D eigenvalue weighted by atomic mass is 32.1. The summed E-state index contributed by atoms with van der Waals surface area (Å²) in [6.45, 7) is 2.15. The van der Waals surface area contributed by atoms with Crippen LogP contribution < -0.4 is 0 Å². The van der Waals surface area contributed by atoms with Gasteiger partial charge in [-0.15, -0.1) is 11.3 Å². The Morgan fingerprint density at radius 2 is 1.09 bits per heavy atom. The van der Waals surface area contributed by atoms with Crippen molar-refractivity contribution in [3.05, 3.63) is 204 Å². The molecule has 0 unspecified atom stereocenters. The molecule has 54 heavy (non-hydrogen) atoms. The van der Waals surface area contributed by atoms with Crippen molar-refractivity contribution in [1.82, 2.24) is 0 Å². The van der Waals surface area contributed by atoms with E-state index in [2.05, 4.69) is 177 Å². The van der Waals surface area contributed by atoms with Crippen LogP contribution in [0.1, 0.15) is 22.3 Å². The van der Waals surface area contributed by atoms with Gasteiger partial charge in [0.2, 0.25) is 0 Å². The van der Waals surface area contributed by atoms with Gasteiger partial charge in [-0.05, 0) is 99.8 Å². The van der Waals surface area contributed by atoms with Gasteiger partial charge in [-0.1, -0.05) is 146 Å². The van der Waals surface area contributed by atoms with Crippen LogP contribution in [0.15, 0.2) is 186 Å². The van der Waals surface area contributed by atoms with Crippen LogP contribution in [-0.2, 0) is 6.42 Å². The van der Waals surface area contributed by atoms with Crippen molar-refractivity contribution in [3.63, 3.8) is 0 Å². The first kappa shape index (κ1) is 33.3. The molecule has 0 aliphatic rings. The van der Waals surface area contributed by atoms with E-state index in [1.807, 2.05) is 23.5 Å². The Labute approximate surface area is 319 Å². The summed E-state index contributed by atoms with van der Waals surface area (Å²) >= 11 is 1.82. The Morgan fingerprint density at radius 3 is 1.83 bits per heavy atom. The lowest BCUT2D eigenvalue weighted by molar-refractivity contribution is 0.669. The highest BCUT2D eigenvalue weighted by molar-refractivity contribution is 7.26. The molecule has 258 valence electrons. The number of furan rings is 1. The molecule has 0 aliphatic carbocycles. The molecule has 2 heterocycles. The third-order valence-corrected chi connectivity index (χ3v) is 11.5. The van der Waals surface area contributed by atoms with E-state index in [0.29, 0.717) is 0 Å². The molecular weight excluding hydrogens is 675 g/mol. The van der Waals surface area contributed by atoms with Crippen molar-refractivity contribution in [2.45, 2.75) is 13.3 Å². The summed E-state index contributed by atoms with van der Waals surface area (Å²) in [7, 11) is 0. The molecule has 0 aliphatic heterocycles. The Hall–Kier alpha value is -6.55. The van der Waals surface area contributed by atoms with E-state index in [0.717, 1.165) is 23.2 Å². The molecular formula is C51H37NOS. The van der Waals surface area contributed by atoms with Crippen LogP contribution in [0.5, 0.6) is 0 Å². The van der Waals surface area contributed by atoms with Crippen LogP contribution in [0, 0.1) is 12.3 Å². The number of para-hydroxylation sites is 1. The number of nitrogens with one attached hydrogen (secondary N) is 1. The molecule has 0 bridgehead atoms. The highest BCUT2D eigenvalue weighted by Gasteiger charge is 2.12. The maximum Gasteiger partial charge on any atom is 0.135 e. The fourth-order valence-corrected chi connectivity index (χ4v) is 8.60. The van der Waals surface area contributed by atoms with Crippen molar-refractivity contribution in [3.8, 4) is 33.4 Å². The number of aryl methyl sites for hydroxylation is 1. The van der Waals surface area contributed by atoms with Gasteiger partial charge in [0, 0.05) is 42.7 Å². The maximum absolute atomic E-state index is 7.88. The standard InChI is InChI=1S/C32H23NS.C19H14O/c1-21-10-11-28(20-33)31-29-19-27(16-17-30(29)34-32(21)31)24-14-12-23(13-15-24)26-9-5-8-25(18-26)22-6-3-2-4-7-22;1-2-6-14(7-3-1)12-15-10-11-19-17(13-15)16-8-4-5-9-18(16)20-19/h2-20,33H,1H3;1-11,13H,12H2. The van der Waals surface area contributed by atoms with Gasteiger partial charge in [-0.2, -0.15) is 0 Å². The smallest absolute Gasteiger partial charge is 0.135 e. The molecule has 10 aromatic rings. The zero-order valence-electron chi connectivity index (χ0n) is 29.9. The van der Waals surface area contributed by atoms with Gasteiger partial charge < -0.3 is 9.83 Å². The van der Waals surface area contributed by atoms with Crippen molar-refractivity contribution in [2.24, 2.45) is 0 Å². The van der Waals surface area contributed by atoms with Crippen molar-refractivity contribution < 1.29 is 4.42 Å². The fourth-order valence-electron chi connectivity index (χ4n) is 7.41. The molecule has 0 fully saturated rings. The summed E-state index contributed by atoms with van der Waals surface area (Å²) < 4.78 is 8.41. The fraction of sp³-hybridized carbons (Fsp3) is 0.0392. The van der Waals surface area contributed by atoms with Crippen molar-refractivity contribution >= 4 is 59.7 Å². The number of hydrogen-bond acceptors (Lipinski definition) is 3. The second-order valence-electron chi connectivity index (χ2n) is 13.7. The predicted octanol–water partition coefficient (Wildman–Crippen LogP) is 14.5. The third kappa shape index (κ3) is 6.51. The average molecular weight is 712 g/mol. The minimum atomic E-state index is 0.955. The van der Waals surface area contributed by atoms with Gasteiger partial charge in [0.15, 0.2) is 0 Å². The lowest BCUT2D eigenvalue weighted by Crippen LogP contribution is -1.86. The lowest BCUT2D eigenvalue weighted by atomic mass is 9.96. The van der Waals surface area contributed by atoms with E-state index in [4.69, 9.17) is 9.83 Å². The summed E-state index contributed by atoms with van der Waals surface area (Å²) in [5.74, 6) is 0. The van der Waals surface area contributed by atoms with E-state index in [1.54, 1.807) is 0 Å². The number of rotatable bonds is 6. The van der Waals surface area contributed by atoms with Gasteiger partial charge in [-0.3, -0.25) is 0 Å². The third-order valence-electron chi connectivity index (χ3n) is 10.2. The van der Waals surface area contributed by atoms with Crippen LogP contribution in [0.25, 0.3) is 75.5 Å². The number of hydrogen-bond donors (Lipinski definition) is 1. The first-order valence-corrected chi connectivity index (χ1v) is 19.1. The summed E-state index contributed by atoms with van der Waals surface area (Å²) in [6, 6.07) is 64.2. The van der Waals surface area contributed by atoms with Crippen LogP contribution in [0.3, 0.4) is 0 Å². The molecule has 1 N–H and O–H groups in total. The Bertz CT molecular complexity index is 2920. The number of fused-ring (bicyclic) bond motifs is 6. The molecule has 0 spiro atoms. The normalized spacial score (nSPS) is 11.2.